The highest BCUT2D eigenvalue weighted by Gasteiger charge is 2.53. The quantitative estimate of drug-likeness (QED) is 0.767. The Kier molecular flexibility index (Phi) is 5.44. The van der Waals surface area contributed by atoms with Crippen LogP contribution in [0.2, 0.25) is 0 Å². The molecule has 142 valence electrons. The number of amides is 1. The molecule has 1 amide bonds. The van der Waals surface area contributed by atoms with E-state index in [1.807, 2.05) is 0 Å². The second-order valence-corrected chi connectivity index (χ2v) is 7.15. The molecule has 0 unspecified atom stereocenters. The van der Waals surface area contributed by atoms with Crippen molar-refractivity contribution in [3.05, 3.63) is 29.8 Å². The van der Waals surface area contributed by atoms with Crippen LogP contribution in [0.3, 0.4) is 0 Å². The lowest BCUT2D eigenvalue weighted by molar-refractivity contribution is -0.169. The first kappa shape index (κ1) is 19.6. The molecule has 0 aliphatic carbocycles. The minimum Gasteiger partial charge on any atom is -0.497 e. The molecule has 1 aliphatic heterocycles. The summed E-state index contributed by atoms with van der Waals surface area (Å²) in [5, 5.41) is 12.0. The molecule has 8 heteroatoms. The topological polar surface area (TPSA) is 111 Å². The van der Waals surface area contributed by atoms with Gasteiger partial charge in [-0.3, -0.25) is 0 Å². The van der Waals surface area contributed by atoms with Crippen molar-refractivity contribution in [3.8, 4) is 5.75 Å². The predicted octanol–water partition coefficient (Wildman–Crippen LogP) is 1.90. The Morgan fingerprint density at radius 1 is 1.31 bits per heavy atom. The largest absolute Gasteiger partial charge is 0.497 e. The zero-order valence-corrected chi connectivity index (χ0v) is 15.2. The fraction of sp³-hybridized carbons (Fsp3) is 0.500. The van der Waals surface area contributed by atoms with Gasteiger partial charge in [0.05, 0.1) is 7.11 Å². The lowest BCUT2D eigenvalue weighted by Gasteiger charge is -2.23. The van der Waals surface area contributed by atoms with E-state index in [1.165, 1.54) is 7.11 Å². The molecule has 0 radical (unpaired) electrons. The van der Waals surface area contributed by atoms with Crippen LogP contribution in [0.25, 0.3) is 0 Å². The van der Waals surface area contributed by atoms with Gasteiger partial charge in [-0.05, 0) is 38.5 Å². The van der Waals surface area contributed by atoms with Crippen LogP contribution in [0.15, 0.2) is 24.3 Å². The normalized spacial score (nSPS) is 22.5. The van der Waals surface area contributed by atoms with Crippen LogP contribution in [0.4, 0.5) is 4.79 Å². The summed E-state index contributed by atoms with van der Waals surface area (Å²) in [4.78, 5) is 35.8. The molecular weight excluding hydrogens is 342 g/mol. The lowest BCUT2D eigenvalue weighted by atomic mass is 9.90. The molecule has 1 aliphatic rings. The lowest BCUT2D eigenvalue weighted by Crippen LogP contribution is -2.43. The highest BCUT2D eigenvalue weighted by Crippen LogP contribution is 2.32. The molecule has 2 atom stereocenters. The third-order valence-corrected chi connectivity index (χ3v) is 3.84. The zero-order valence-electron chi connectivity index (χ0n) is 15.2. The van der Waals surface area contributed by atoms with Crippen LogP contribution < -0.4 is 10.1 Å². The first-order chi connectivity index (χ1) is 12.0. The van der Waals surface area contributed by atoms with E-state index >= 15 is 0 Å². The SMILES string of the molecule is COc1ccc(C[C@@]2(C(=O)O)C[C@H](NC(=O)OC(C)(C)C)C(=O)O2)cc1. The number of alkyl carbamates (subject to hydrolysis) is 1. The second-order valence-electron chi connectivity index (χ2n) is 7.15. The van der Waals surface area contributed by atoms with E-state index in [0.29, 0.717) is 11.3 Å². The number of carboxylic acids is 1. The van der Waals surface area contributed by atoms with Crippen molar-refractivity contribution in [3.63, 3.8) is 0 Å². The van der Waals surface area contributed by atoms with Gasteiger partial charge in [0, 0.05) is 12.8 Å². The minimum atomic E-state index is -1.74. The number of benzene rings is 1. The van der Waals surface area contributed by atoms with E-state index in [9.17, 15) is 19.5 Å². The summed E-state index contributed by atoms with van der Waals surface area (Å²) < 4.78 is 15.3. The van der Waals surface area contributed by atoms with Crippen molar-refractivity contribution in [2.75, 3.05) is 7.11 Å². The van der Waals surface area contributed by atoms with Crippen LogP contribution in [-0.2, 0) is 25.5 Å². The molecule has 0 spiro atoms. The van der Waals surface area contributed by atoms with E-state index < -0.39 is 35.3 Å². The minimum absolute atomic E-state index is 0.0232. The van der Waals surface area contributed by atoms with Gasteiger partial charge in [-0.2, -0.15) is 0 Å². The summed E-state index contributed by atoms with van der Waals surface area (Å²) in [5.74, 6) is -1.44. The van der Waals surface area contributed by atoms with Crippen LogP contribution >= 0.6 is 0 Å². The van der Waals surface area contributed by atoms with E-state index in [0.717, 1.165) is 0 Å². The Hall–Kier alpha value is -2.77. The highest BCUT2D eigenvalue weighted by atomic mass is 16.6. The van der Waals surface area contributed by atoms with E-state index in [1.54, 1.807) is 45.0 Å². The molecule has 26 heavy (non-hydrogen) atoms. The third-order valence-electron chi connectivity index (χ3n) is 3.84. The molecule has 1 heterocycles. The van der Waals surface area contributed by atoms with Crippen molar-refractivity contribution in [1.82, 2.24) is 5.32 Å². The number of carboxylic acid groups (broad SMARTS) is 1. The number of ether oxygens (including phenoxy) is 3. The van der Waals surface area contributed by atoms with Crippen LogP contribution in [-0.4, -0.2) is 47.5 Å². The number of esters is 1. The maximum Gasteiger partial charge on any atom is 0.408 e. The number of hydrogen-bond acceptors (Lipinski definition) is 6. The van der Waals surface area contributed by atoms with Gasteiger partial charge in [0.1, 0.15) is 17.4 Å². The van der Waals surface area contributed by atoms with Crippen LogP contribution in [0.1, 0.15) is 32.8 Å². The van der Waals surface area contributed by atoms with Gasteiger partial charge in [-0.1, -0.05) is 12.1 Å². The molecule has 1 aromatic carbocycles. The average molecular weight is 365 g/mol. The van der Waals surface area contributed by atoms with Gasteiger partial charge in [0.25, 0.3) is 0 Å². The second kappa shape index (κ2) is 7.23. The fourth-order valence-corrected chi connectivity index (χ4v) is 2.67. The molecular formula is C18H23NO7. The summed E-state index contributed by atoms with van der Waals surface area (Å²) in [6.07, 6.45) is -1.01. The Morgan fingerprint density at radius 2 is 1.92 bits per heavy atom. The summed E-state index contributed by atoms with van der Waals surface area (Å²) in [7, 11) is 1.53. The molecule has 1 aromatic rings. The van der Waals surface area contributed by atoms with Gasteiger partial charge in [-0.15, -0.1) is 0 Å². The third kappa shape index (κ3) is 4.65. The summed E-state index contributed by atoms with van der Waals surface area (Å²) in [6.45, 7) is 5.06. The smallest absolute Gasteiger partial charge is 0.408 e. The molecule has 0 saturated carbocycles. The fourth-order valence-electron chi connectivity index (χ4n) is 2.67. The van der Waals surface area contributed by atoms with Crippen molar-refractivity contribution < 1.29 is 33.7 Å². The van der Waals surface area contributed by atoms with E-state index in [2.05, 4.69) is 5.32 Å². The van der Waals surface area contributed by atoms with Gasteiger partial charge < -0.3 is 24.6 Å². The summed E-state index contributed by atoms with van der Waals surface area (Å²) in [6, 6.07) is 5.70. The molecule has 1 fully saturated rings. The molecule has 2 rings (SSSR count). The average Bonchev–Trinajstić information content (AvgIpc) is 2.83. The maximum absolute atomic E-state index is 12.1. The first-order valence-corrected chi connectivity index (χ1v) is 8.13. The van der Waals surface area contributed by atoms with Crippen molar-refractivity contribution in [1.29, 1.82) is 0 Å². The van der Waals surface area contributed by atoms with Gasteiger partial charge in [-0.25, -0.2) is 14.4 Å². The number of cyclic esters (lactones) is 1. The first-order valence-electron chi connectivity index (χ1n) is 8.13. The number of carbonyl (C=O) groups excluding carboxylic acids is 2. The summed E-state index contributed by atoms with van der Waals surface area (Å²) in [5.41, 5.74) is -1.82. The number of rotatable bonds is 5. The zero-order chi connectivity index (χ0) is 19.5. The Labute approximate surface area is 151 Å². The Bertz CT molecular complexity index is 692. The van der Waals surface area contributed by atoms with Crippen molar-refractivity contribution in [2.24, 2.45) is 0 Å². The number of nitrogens with one attached hydrogen (secondary N) is 1. The van der Waals surface area contributed by atoms with Crippen molar-refractivity contribution in [2.45, 2.75) is 50.9 Å². The van der Waals surface area contributed by atoms with Gasteiger partial charge in [0.2, 0.25) is 5.60 Å². The van der Waals surface area contributed by atoms with Crippen molar-refractivity contribution >= 4 is 18.0 Å². The standard InChI is InChI=1S/C18H23NO7/c1-17(2,3)26-16(23)19-13-10-18(15(21)22,25-14(13)20)9-11-5-7-12(24-4)8-6-11/h5-8,13H,9-10H2,1-4H3,(H,19,23)(H,21,22)/t13-,18-/m0/s1. The van der Waals surface area contributed by atoms with Gasteiger partial charge in [0.15, 0.2) is 0 Å². The monoisotopic (exact) mass is 365 g/mol. The number of hydrogen-bond donors (Lipinski definition) is 2. The molecule has 8 nitrogen and oxygen atoms in total. The predicted molar refractivity (Wildman–Crippen MR) is 90.9 cm³/mol. The van der Waals surface area contributed by atoms with Gasteiger partial charge >= 0.3 is 18.0 Å². The molecule has 1 saturated heterocycles. The van der Waals surface area contributed by atoms with E-state index in [-0.39, 0.29) is 12.8 Å². The molecule has 0 aromatic heterocycles. The summed E-state index contributed by atoms with van der Waals surface area (Å²) >= 11 is 0. The number of methoxy groups -OCH3 is 1. The highest BCUT2D eigenvalue weighted by molar-refractivity contribution is 5.90. The molecule has 0 bridgehead atoms. The number of carbonyl (C=O) groups is 3. The van der Waals surface area contributed by atoms with E-state index in [4.69, 9.17) is 14.2 Å². The Balaban J connectivity index is 2.12. The van der Waals surface area contributed by atoms with Crippen LogP contribution in [0.5, 0.6) is 5.75 Å². The maximum atomic E-state index is 12.1. The van der Waals surface area contributed by atoms with Crippen LogP contribution in [0, 0.1) is 0 Å². The number of aliphatic carboxylic acids is 1. The molecule has 2 N–H and O–H groups in total. The Morgan fingerprint density at radius 3 is 2.42 bits per heavy atom.